The topological polar surface area (TPSA) is 8.17 Å². The van der Waals surface area contributed by atoms with Gasteiger partial charge in [0.2, 0.25) is 0 Å². The minimum Gasteiger partial charge on any atom is -0.310 e. The van der Waals surface area contributed by atoms with E-state index in [1.54, 1.807) is 0 Å². The number of nitrogens with zero attached hydrogens (tertiary/aromatic N) is 2. The summed E-state index contributed by atoms with van der Waals surface area (Å²) in [5.41, 5.74) is 23.2. The first kappa shape index (κ1) is 43.8. The third-order valence-corrected chi connectivity index (χ3v) is 16.5. The van der Waals surface area contributed by atoms with Crippen LogP contribution in [0.5, 0.6) is 0 Å². The zero-order chi connectivity index (χ0) is 50.2. The van der Waals surface area contributed by atoms with Crippen molar-refractivity contribution < 1.29 is 0 Å². The highest BCUT2D eigenvalue weighted by Crippen LogP contribution is 2.58. The van der Waals surface area contributed by atoms with Crippen LogP contribution in [0.25, 0.3) is 60.9 Å². The molecule has 76 heavy (non-hydrogen) atoms. The number of para-hydroxylation sites is 1. The molecule has 2 nitrogen and oxygen atoms in total. The van der Waals surface area contributed by atoms with Crippen LogP contribution in [0.2, 0.25) is 0 Å². The van der Waals surface area contributed by atoms with Gasteiger partial charge in [0.05, 0.1) is 21.9 Å². The van der Waals surface area contributed by atoms with Crippen molar-refractivity contribution in [1.29, 1.82) is 0 Å². The Morgan fingerprint density at radius 3 is 1.16 bits per heavy atom. The second-order valence-electron chi connectivity index (χ2n) is 20.3. The van der Waals surface area contributed by atoms with Gasteiger partial charge in [0.25, 0.3) is 0 Å². The van der Waals surface area contributed by atoms with Crippen LogP contribution < -0.4 is 4.90 Å². The number of anilines is 3. The summed E-state index contributed by atoms with van der Waals surface area (Å²) >= 11 is 0. The Morgan fingerprint density at radius 2 is 0.632 bits per heavy atom. The van der Waals surface area contributed by atoms with Gasteiger partial charge in [-0.3, -0.25) is 0 Å². The number of aromatic nitrogens is 1. The third kappa shape index (κ3) is 6.41. The van der Waals surface area contributed by atoms with Crippen molar-refractivity contribution in [3.8, 4) is 39.1 Å². The van der Waals surface area contributed by atoms with E-state index in [9.17, 15) is 0 Å². The number of benzene rings is 12. The standard InChI is InChI=1S/C74H50N2/c1-5-22-51(23-6-1)52-40-43-58(44-41-52)75(59-31-21-28-55(48-59)73(53-24-7-2-8-25-53)67-36-17-13-32-61(67)62-33-14-18-37-68(62)73)60-45-47-72-66(50-60)65-49-56(42-46-71(65)76(72)57-29-11-4-12-30-57)74(54-26-9-3-10-27-54)69-38-19-15-34-63(69)64-35-16-20-39-70(64)74/h1-50H. The van der Waals surface area contributed by atoms with E-state index in [0.29, 0.717) is 0 Å². The molecular formula is C74H50N2. The number of fused-ring (bicyclic) bond motifs is 9. The smallest absolute Gasteiger partial charge is 0.0714 e. The van der Waals surface area contributed by atoms with Crippen LogP contribution in [0.1, 0.15) is 44.5 Å². The fraction of sp³-hybridized carbons (Fsp3) is 0.0270. The number of rotatable bonds is 9. The number of hydrogen-bond acceptors (Lipinski definition) is 1. The Bertz CT molecular complexity index is 4240. The van der Waals surface area contributed by atoms with Crippen LogP contribution in [-0.4, -0.2) is 4.57 Å². The summed E-state index contributed by atoms with van der Waals surface area (Å²) in [6.07, 6.45) is 0. The van der Waals surface area contributed by atoms with Crippen LogP contribution in [0.15, 0.2) is 303 Å². The summed E-state index contributed by atoms with van der Waals surface area (Å²) in [4.78, 5) is 2.47. The monoisotopic (exact) mass is 966 g/mol. The highest BCUT2D eigenvalue weighted by Gasteiger charge is 2.47. The van der Waals surface area contributed by atoms with E-state index >= 15 is 0 Å². The number of hydrogen-bond donors (Lipinski definition) is 0. The third-order valence-electron chi connectivity index (χ3n) is 16.5. The average Bonchev–Trinajstić information content (AvgIpc) is 4.29. The fourth-order valence-electron chi connectivity index (χ4n) is 13.4. The Labute approximate surface area is 443 Å². The Kier molecular flexibility index (Phi) is 10.0. The maximum Gasteiger partial charge on any atom is 0.0714 e. The second-order valence-corrected chi connectivity index (χ2v) is 20.3. The molecule has 0 unspecified atom stereocenters. The molecule has 2 aliphatic carbocycles. The van der Waals surface area contributed by atoms with E-state index in [-0.39, 0.29) is 0 Å². The summed E-state index contributed by atoms with van der Waals surface area (Å²) in [5.74, 6) is 0. The summed E-state index contributed by atoms with van der Waals surface area (Å²) in [5, 5.41) is 2.38. The molecule has 0 saturated heterocycles. The van der Waals surface area contributed by atoms with Crippen LogP contribution in [0, 0.1) is 0 Å². The molecule has 0 atom stereocenters. The van der Waals surface area contributed by atoms with Crippen molar-refractivity contribution in [2.24, 2.45) is 0 Å². The van der Waals surface area contributed by atoms with E-state index in [1.807, 2.05) is 0 Å². The SMILES string of the molecule is c1ccc(-c2ccc(N(c3cccc(C4(c5ccccc5)c5ccccc5-c5ccccc54)c3)c3ccc4c(c3)c3cc(C5(c6ccccc6)c6ccccc6-c6ccccc65)ccc3n4-c3ccccc3)cc2)cc1. The molecule has 2 aliphatic rings. The van der Waals surface area contributed by atoms with Gasteiger partial charge < -0.3 is 9.47 Å². The molecule has 0 aliphatic heterocycles. The predicted octanol–water partition coefficient (Wildman–Crippen LogP) is 18.6. The van der Waals surface area contributed by atoms with Gasteiger partial charge >= 0.3 is 0 Å². The van der Waals surface area contributed by atoms with Gasteiger partial charge in [-0.25, -0.2) is 0 Å². The Morgan fingerprint density at radius 1 is 0.250 bits per heavy atom. The average molecular weight is 967 g/mol. The van der Waals surface area contributed by atoms with Gasteiger partial charge in [-0.15, -0.1) is 0 Å². The summed E-state index contributed by atoms with van der Waals surface area (Å²) < 4.78 is 2.45. The van der Waals surface area contributed by atoms with Gasteiger partial charge in [0.15, 0.2) is 0 Å². The van der Waals surface area contributed by atoms with Crippen LogP contribution in [0.4, 0.5) is 17.1 Å². The minimum atomic E-state index is -0.553. The van der Waals surface area contributed by atoms with Crippen molar-refractivity contribution in [2.45, 2.75) is 10.8 Å². The van der Waals surface area contributed by atoms with Crippen molar-refractivity contribution in [2.75, 3.05) is 4.90 Å². The highest BCUT2D eigenvalue weighted by atomic mass is 15.1. The normalized spacial score (nSPS) is 13.5. The molecule has 12 aromatic carbocycles. The molecule has 0 radical (unpaired) electrons. The van der Waals surface area contributed by atoms with E-state index in [1.165, 1.54) is 88.7 Å². The van der Waals surface area contributed by atoms with Crippen molar-refractivity contribution in [3.63, 3.8) is 0 Å². The molecule has 0 fully saturated rings. The molecule has 0 bridgehead atoms. The molecular weight excluding hydrogens is 917 g/mol. The molecule has 13 aromatic rings. The van der Waals surface area contributed by atoms with E-state index in [2.05, 4.69) is 313 Å². The lowest BCUT2D eigenvalue weighted by Gasteiger charge is -2.35. The first-order valence-corrected chi connectivity index (χ1v) is 26.4. The molecule has 1 heterocycles. The Hall–Kier alpha value is -9.76. The zero-order valence-electron chi connectivity index (χ0n) is 41.8. The van der Waals surface area contributed by atoms with Crippen LogP contribution in [-0.2, 0) is 10.8 Å². The quantitative estimate of drug-likeness (QED) is 0.140. The van der Waals surface area contributed by atoms with Gasteiger partial charge in [-0.2, -0.15) is 0 Å². The van der Waals surface area contributed by atoms with Crippen LogP contribution in [0.3, 0.4) is 0 Å². The maximum absolute atomic E-state index is 2.50. The summed E-state index contributed by atoms with van der Waals surface area (Å²) in [7, 11) is 0. The minimum absolute atomic E-state index is 0.541. The maximum atomic E-state index is 2.50. The predicted molar refractivity (Wildman–Crippen MR) is 316 cm³/mol. The fourth-order valence-corrected chi connectivity index (χ4v) is 13.4. The van der Waals surface area contributed by atoms with Crippen molar-refractivity contribution in [3.05, 3.63) is 348 Å². The van der Waals surface area contributed by atoms with E-state index < -0.39 is 10.8 Å². The van der Waals surface area contributed by atoms with Crippen molar-refractivity contribution in [1.82, 2.24) is 4.57 Å². The lowest BCUT2D eigenvalue weighted by atomic mass is 9.67. The van der Waals surface area contributed by atoms with Gasteiger partial charge in [0.1, 0.15) is 0 Å². The molecule has 1 aromatic heterocycles. The van der Waals surface area contributed by atoms with Crippen LogP contribution >= 0.6 is 0 Å². The molecule has 2 heteroatoms. The largest absolute Gasteiger partial charge is 0.310 e. The van der Waals surface area contributed by atoms with E-state index in [4.69, 9.17) is 0 Å². The molecule has 356 valence electrons. The lowest BCUT2D eigenvalue weighted by Crippen LogP contribution is -2.28. The molecule has 15 rings (SSSR count). The Balaban J connectivity index is 0.989. The molecule has 0 spiro atoms. The molecule has 0 amide bonds. The zero-order valence-corrected chi connectivity index (χ0v) is 41.8. The lowest BCUT2D eigenvalue weighted by molar-refractivity contribution is 0.768. The van der Waals surface area contributed by atoms with Gasteiger partial charge in [-0.05, 0) is 145 Å². The summed E-state index contributed by atoms with van der Waals surface area (Å²) in [6, 6.07) is 113. The molecule has 0 N–H and O–H groups in total. The second kappa shape index (κ2) is 17.4. The highest BCUT2D eigenvalue weighted by molar-refractivity contribution is 6.11. The first-order valence-electron chi connectivity index (χ1n) is 26.4. The van der Waals surface area contributed by atoms with Gasteiger partial charge in [-0.1, -0.05) is 237 Å². The van der Waals surface area contributed by atoms with E-state index in [0.717, 1.165) is 33.8 Å². The summed E-state index contributed by atoms with van der Waals surface area (Å²) in [6.45, 7) is 0. The molecule has 0 saturated carbocycles. The van der Waals surface area contributed by atoms with Gasteiger partial charge in [0, 0.05) is 33.5 Å². The van der Waals surface area contributed by atoms with Crippen molar-refractivity contribution >= 4 is 38.9 Å². The first-order chi connectivity index (χ1) is 37.7.